The Morgan fingerprint density at radius 1 is 1.35 bits per heavy atom. The minimum atomic E-state index is -3.88. The normalized spacial score (nSPS) is 12.0. The van der Waals surface area contributed by atoms with Crippen molar-refractivity contribution >= 4 is 49.3 Å². The third-order valence-electron chi connectivity index (χ3n) is 2.98. The van der Waals surface area contributed by atoms with E-state index >= 15 is 0 Å². The van der Waals surface area contributed by atoms with E-state index in [4.69, 9.17) is 9.88 Å². The van der Waals surface area contributed by atoms with Crippen LogP contribution in [0.3, 0.4) is 0 Å². The molecule has 0 saturated heterocycles. The number of sulfonamides is 1. The molecule has 2 aromatic rings. The fourth-order valence-electron chi connectivity index (χ4n) is 1.92. The van der Waals surface area contributed by atoms with Crippen molar-refractivity contribution in [3.63, 3.8) is 0 Å². The molecule has 9 nitrogen and oxygen atoms in total. The van der Waals surface area contributed by atoms with Gasteiger partial charge in [-0.3, -0.25) is 4.79 Å². The number of carbonyl (C=O) groups excluding carboxylic acids is 2. The molecule has 0 saturated carbocycles. The van der Waals surface area contributed by atoms with Gasteiger partial charge in [-0.15, -0.1) is 11.3 Å². The number of nitrogens with zero attached hydrogens (tertiary/aromatic N) is 2. The molecule has 0 unspecified atom stereocenters. The Morgan fingerprint density at radius 2 is 2.00 bits per heavy atom. The van der Waals surface area contributed by atoms with E-state index in [1.165, 1.54) is 7.05 Å². The Kier molecular flexibility index (Phi) is 5.54. The SMILES string of the molecule is CN(CC(=O)Nc1ccc2nc(S(N)(=O)=O)sc2c1)C(=O)OC(C)(C)C. The molecule has 0 fully saturated rings. The topological polar surface area (TPSA) is 132 Å². The monoisotopic (exact) mass is 400 g/mol. The van der Waals surface area contributed by atoms with Gasteiger partial charge in [-0.25, -0.2) is 23.3 Å². The number of likely N-dealkylation sites (N-methyl/N-ethyl adjacent to an activating group) is 1. The number of hydrogen-bond acceptors (Lipinski definition) is 7. The number of primary sulfonamides is 1. The van der Waals surface area contributed by atoms with Gasteiger partial charge in [0.15, 0.2) is 0 Å². The van der Waals surface area contributed by atoms with Gasteiger partial charge >= 0.3 is 6.09 Å². The molecule has 2 rings (SSSR count). The number of amides is 2. The highest BCUT2D eigenvalue weighted by atomic mass is 32.2. The smallest absolute Gasteiger partial charge is 0.410 e. The van der Waals surface area contributed by atoms with Crippen molar-refractivity contribution in [1.29, 1.82) is 0 Å². The summed E-state index contributed by atoms with van der Waals surface area (Å²) in [6.07, 6.45) is -0.608. The molecule has 0 aliphatic carbocycles. The van der Waals surface area contributed by atoms with Crippen LogP contribution in [-0.2, 0) is 19.6 Å². The highest BCUT2D eigenvalue weighted by Crippen LogP contribution is 2.27. The molecular weight excluding hydrogens is 380 g/mol. The zero-order chi connectivity index (χ0) is 19.7. The summed E-state index contributed by atoms with van der Waals surface area (Å²) in [5.74, 6) is -0.422. The molecule has 0 aliphatic rings. The summed E-state index contributed by atoms with van der Waals surface area (Å²) in [7, 11) is -2.42. The van der Waals surface area contributed by atoms with Crippen molar-refractivity contribution in [1.82, 2.24) is 9.88 Å². The van der Waals surface area contributed by atoms with E-state index < -0.39 is 27.6 Å². The van der Waals surface area contributed by atoms with Gasteiger partial charge in [-0.05, 0) is 39.0 Å². The summed E-state index contributed by atoms with van der Waals surface area (Å²) in [5, 5.41) is 7.71. The van der Waals surface area contributed by atoms with Gasteiger partial charge in [0.2, 0.25) is 10.2 Å². The average molecular weight is 400 g/mol. The number of benzene rings is 1. The second-order valence-electron chi connectivity index (χ2n) is 6.59. The van der Waals surface area contributed by atoms with Gasteiger partial charge in [0.05, 0.1) is 10.2 Å². The van der Waals surface area contributed by atoms with Crippen LogP contribution in [0.25, 0.3) is 10.2 Å². The fourth-order valence-corrected chi connectivity index (χ4v) is 3.62. The van der Waals surface area contributed by atoms with Crippen LogP contribution < -0.4 is 10.5 Å². The maximum Gasteiger partial charge on any atom is 0.410 e. The molecule has 142 valence electrons. The van der Waals surface area contributed by atoms with Crippen molar-refractivity contribution in [2.75, 3.05) is 18.9 Å². The van der Waals surface area contributed by atoms with Gasteiger partial charge in [-0.1, -0.05) is 0 Å². The van der Waals surface area contributed by atoms with Gasteiger partial charge in [0, 0.05) is 12.7 Å². The highest BCUT2D eigenvalue weighted by molar-refractivity contribution is 7.91. The Morgan fingerprint density at radius 3 is 2.58 bits per heavy atom. The minimum Gasteiger partial charge on any atom is -0.444 e. The van der Waals surface area contributed by atoms with Gasteiger partial charge < -0.3 is 15.0 Å². The molecule has 0 bridgehead atoms. The number of rotatable bonds is 4. The number of fused-ring (bicyclic) bond motifs is 1. The van der Waals surface area contributed by atoms with E-state index in [2.05, 4.69) is 10.3 Å². The fraction of sp³-hybridized carbons (Fsp3) is 0.400. The van der Waals surface area contributed by atoms with Crippen molar-refractivity contribution in [3.05, 3.63) is 18.2 Å². The summed E-state index contributed by atoms with van der Waals surface area (Å²) in [5.41, 5.74) is 0.257. The van der Waals surface area contributed by atoms with Crippen molar-refractivity contribution in [2.45, 2.75) is 30.7 Å². The quantitative estimate of drug-likeness (QED) is 0.803. The Balaban J connectivity index is 2.06. The summed E-state index contributed by atoms with van der Waals surface area (Å²) in [4.78, 5) is 29.1. The van der Waals surface area contributed by atoms with Crippen LogP contribution >= 0.6 is 11.3 Å². The number of carbonyl (C=O) groups is 2. The lowest BCUT2D eigenvalue weighted by Crippen LogP contribution is -2.38. The van der Waals surface area contributed by atoms with Crippen LogP contribution in [-0.4, -0.2) is 49.5 Å². The number of nitrogens with one attached hydrogen (secondary N) is 1. The predicted molar refractivity (Wildman–Crippen MR) is 98.5 cm³/mol. The molecule has 3 N–H and O–H groups in total. The van der Waals surface area contributed by atoms with Crippen LogP contribution in [0.5, 0.6) is 0 Å². The number of aromatic nitrogens is 1. The standard InChI is InChI=1S/C15H20N4O5S2/c1-15(2,3)24-14(21)19(4)8-12(20)17-9-5-6-10-11(7-9)25-13(18-10)26(16,22)23/h5-7H,8H2,1-4H3,(H,17,20)(H2,16,22,23). The molecule has 0 aliphatic heterocycles. The Labute approximate surface area is 155 Å². The highest BCUT2D eigenvalue weighted by Gasteiger charge is 2.21. The predicted octanol–water partition coefficient (Wildman–Crippen LogP) is 1.75. The number of nitrogens with two attached hydrogens (primary N) is 1. The lowest BCUT2D eigenvalue weighted by Gasteiger charge is -2.24. The summed E-state index contributed by atoms with van der Waals surface area (Å²) in [6, 6.07) is 4.75. The maximum absolute atomic E-state index is 12.1. The van der Waals surface area contributed by atoms with Crippen LogP contribution in [0.1, 0.15) is 20.8 Å². The molecule has 26 heavy (non-hydrogen) atoms. The maximum atomic E-state index is 12.1. The molecule has 0 atom stereocenters. The van der Waals surface area contributed by atoms with Crippen LogP contribution in [0, 0.1) is 0 Å². The second kappa shape index (κ2) is 7.17. The van der Waals surface area contributed by atoms with Crippen LogP contribution in [0.2, 0.25) is 0 Å². The molecule has 0 radical (unpaired) electrons. The largest absolute Gasteiger partial charge is 0.444 e. The van der Waals surface area contributed by atoms with Crippen molar-refractivity contribution < 1.29 is 22.7 Å². The molecule has 1 heterocycles. The first-order chi connectivity index (χ1) is 11.8. The number of anilines is 1. The molecule has 1 aromatic carbocycles. The number of hydrogen-bond donors (Lipinski definition) is 2. The lowest BCUT2D eigenvalue weighted by molar-refractivity contribution is -0.117. The average Bonchev–Trinajstić information content (AvgIpc) is 2.88. The number of thiazole rings is 1. The van der Waals surface area contributed by atoms with E-state index in [9.17, 15) is 18.0 Å². The summed E-state index contributed by atoms with van der Waals surface area (Å²) >= 11 is 0.911. The lowest BCUT2D eigenvalue weighted by atomic mass is 10.2. The third-order valence-corrected chi connectivity index (χ3v) is 5.32. The Hall–Kier alpha value is -2.24. The first-order valence-corrected chi connectivity index (χ1v) is 9.89. The first-order valence-electron chi connectivity index (χ1n) is 7.52. The van der Waals surface area contributed by atoms with E-state index in [-0.39, 0.29) is 10.9 Å². The first kappa shape index (κ1) is 20.1. The molecule has 11 heteroatoms. The van der Waals surface area contributed by atoms with Gasteiger partial charge in [-0.2, -0.15) is 0 Å². The van der Waals surface area contributed by atoms with Crippen LogP contribution in [0.4, 0.5) is 10.5 Å². The summed E-state index contributed by atoms with van der Waals surface area (Å²) in [6.45, 7) is 5.01. The zero-order valence-electron chi connectivity index (χ0n) is 14.8. The van der Waals surface area contributed by atoms with Gasteiger partial charge in [0.25, 0.3) is 10.0 Å². The summed E-state index contributed by atoms with van der Waals surface area (Å²) < 4.78 is 28.3. The third kappa shape index (κ3) is 5.38. The Bertz CT molecular complexity index is 947. The van der Waals surface area contributed by atoms with Crippen LogP contribution in [0.15, 0.2) is 22.5 Å². The van der Waals surface area contributed by atoms with E-state index in [1.807, 2.05) is 0 Å². The molecule has 1 aromatic heterocycles. The van der Waals surface area contributed by atoms with Crippen molar-refractivity contribution in [3.8, 4) is 0 Å². The van der Waals surface area contributed by atoms with Gasteiger partial charge in [0.1, 0.15) is 12.1 Å². The molecule has 2 amide bonds. The van der Waals surface area contributed by atoms with E-state index in [0.717, 1.165) is 16.2 Å². The zero-order valence-corrected chi connectivity index (χ0v) is 16.4. The molecular formula is C15H20N4O5S2. The van der Waals surface area contributed by atoms with E-state index in [1.54, 1.807) is 39.0 Å². The van der Waals surface area contributed by atoms with E-state index in [0.29, 0.717) is 15.9 Å². The number of ether oxygens (including phenoxy) is 1. The minimum absolute atomic E-state index is 0.194. The van der Waals surface area contributed by atoms with Crippen molar-refractivity contribution in [2.24, 2.45) is 5.14 Å². The molecule has 0 spiro atoms. The second-order valence-corrected chi connectivity index (χ2v) is 9.36.